The van der Waals surface area contributed by atoms with Gasteiger partial charge in [0.05, 0.1) is 25.6 Å². The van der Waals surface area contributed by atoms with Gasteiger partial charge in [-0.05, 0) is 31.5 Å². The summed E-state index contributed by atoms with van der Waals surface area (Å²) >= 11 is 0. The van der Waals surface area contributed by atoms with E-state index in [0.29, 0.717) is 17.0 Å². The summed E-state index contributed by atoms with van der Waals surface area (Å²) in [6.45, 7) is 3.50. The van der Waals surface area contributed by atoms with Crippen molar-refractivity contribution < 1.29 is 14.2 Å². The summed E-state index contributed by atoms with van der Waals surface area (Å²) in [7, 11) is 1.59. The summed E-state index contributed by atoms with van der Waals surface area (Å²) in [6, 6.07) is 5.59. The van der Waals surface area contributed by atoms with Crippen LogP contribution in [0.25, 0.3) is 5.82 Å². The van der Waals surface area contributed by atoms with Gasteiger partial charge in [-0.2, -0.15) is 10.1 Å². The number of rotatable bonds is 5. The lowest BCUT2D eigenvalue weighted by Gasteiger charge is -2.10. The van der Waals surface area contributed by atoms with Crippen LogP contribution in [0.1, 0.15) is 16.8 Å². The van der Waals surface area contributed by atoms with Gasteiger partial charge >= 0.3 is 0 Å². The first-order valence-corrected chi connectivity index (χ1v) is 7.61. The minimum Gasteiger partial charge on any atom is -0.497 e. The summed E-state index contributed by atoms with van der Waals surface area (Å²) in [4.78, 5) is 8.16. The molecule has 0 radical (unpaired) electrons. The highest BCUT2D eigenvalue weighted by Crippen LogP contribution is 2.23. The van der Waals surface area contributed by atoms with Crippen LogP contribution in [-0.4, -0.2) is 32.0 Å². The quantitative estimate of drug-likeness (QED) is 0.741. The second kappa shape index (κ2) is 6.86. The van der Waals surface area contributed by atoms with E-state index in [1.165, 1.54) is 4.68 Å². The summed E-state index contributed by atoms with van der Waals surface area (Å²) in [5.41, 5.74) is 2.94. The molecule has 0 fully saturated rings. The van der Waals surface area contributed by atoms with Crippen LogP contribution in [0.5, 0.6) is 5.75 Å². The maximum absolute atomic E-state index is 14.1. The fraction of sp³-hybridized carbons (Fsp3) is 0.235. The number of anilines is 2. The number of aliphatic hydroxyl groups is 1. The fourth-order valence-corrected chi connectivity index (χ4v) is 2.41. The first-order valence-electron chi connectivity index (χ1n) is 7.61. The second-order valence-electron chi connectivity index (χ2n) is 5.57. The molecule has 7 nitrogen and oxygen atoms in total. The number of methoxy groups -OCH3 is 1. The van der Waals surface area contributed by atoms with E-state index in [-0.39, 0.29) is 18.4 Å². The Labute approximate surface area is 144 Å². The fourth-order valence-electron chi connectivity index (χ4n) is 2.41. The molecule has 0 aliphatic heterocycles. The van der Waals surface area contributed by atoms with Gasteiger partial charge in [0.1, 0.15) is 5.75 Å². The summed E-state index contributed by atoms with van der Waals surface area (Å²) in [6.07, 6.45) is 2.62. The number of hydrogen-bond donors (Lipinski definition) is 2. The van der Waals surface area contributed by atoms with Crippen molar-refractivity contribution in [3.8, 4) is 11.6 Å². The van der Waals surface area contributed by atoms with Gasteiger partial charge < -0.3 is 15.2 Å². The van der Waals surface area contributed by atoms with Crippen LogP contribution in [-0.2, 0) is 6.61 Å². The number of aromatic nitrogens is 4. The molecule has 3 rings (SSSR count). The third kappa shape index (κ3) is 3.58. The highest BCUT2D eigenvalue weighted by atomic mass is 19.1. The Balaban J connectivity index is 1.95. The Bertz CT molecular complexity index is 910. The molecule has 0 saturated heterocycles. The molecule has 2 aromatic heterocycles. The lowest BCUT2D eigenvalue weighted by molar-refractivity contribution is 0.281. The zero-order chi connectivity index (χ0) is 18.0. The average Bonchev–Trinajstić information content (AvgIpc) is 2.96. The Kier molecular flexibility index (Phi) is 4.62. The summed E-state index contributed by atoms with van der Waals surface area (Å²) in [5.74, 6) is 0.308. The lowest BCUT2D eigenvalue weighted by atomic mass is 10.2. The molecule has 0 bridgehead atoms. The van der Waals surface area contributed by atoms with Crippen molar-refractivity contribution in [2.24, 2.45) is 0 Å². The van der Waals surface area contributed by atoms with Crippen LogP contribution in [0.2, 0.25) is 0 Å². The number of halogens is 1. The molecule has 2 N–H and O–H groups in total. The molecule has 0 spiro atoms. The van der Waals surface area contributed by atoms with E-state index in [1.54, 1.807) is 26.3 Å². The van der Waals surface area contributed by atoms with Crippen molar-refractivity contribution in [1.29, 1.82) is 0 Å². The van der Waals surface area contributed by atoms with Gasteiger partial charge in [0.2, 0.25) is 5.95 Å². The zero-order valence-corrected chi connectivity index (χ0v) is 14.1. The number of hydrogen-bond acceptors (Lipinski definition) is 6. The highest BCUT2D eigenvalue weighted by molar-refractivity contribution is 5.58. The van der Waals surface area contributed by atoms with Crippen molar-refractivity contribution >= 4 is 11.6 Å². The molecular formula is C17H18FN5O2. The molecule has 2 heterocycles. The molecule has 0 unspecified atom stereocenters. The SMILES string of the molecule is COc1cc(C)cc(Nc2ncc(F)c(-n3cc(CO)c(C)n3)n2)c1. The lowest BCUT2D eigenvalue weighted by Crippen LogP contribution is -2.06. The van der Waals surface area contributed by atoms with Crippen molar-refractivity contribution in [2.45, 2.75) is 20.5 Å². The minimum atomic E-state index is -0.612. The second-order valence-corrected chi connectivity index (χ2v) is 5.57. The molecule has 0 aliphatic rings. The van der Waals surface area contributed by atoms with Gasteiger partial charge in [0.15, 0.2) is 11.6 Å². The minimum absolute atomic E-state index is 0.0000759. The van der Waals surface area contributed by atoms with Gasteiger partial charge in [0, 0.05) is 23.5 Å². The van der Waals surface area contributed by atoms with Crippen LogP contribution < -0.4 is 10.1 Å². The predicted octanol–water partition coefficient (Wildman–Crippen LogP) is 2.66. The van der Waals surface area contributed by atoms with Gasteiger partial charge in [-0.15, -0.1) is 0 Å². The maximum atomic E-state index is 14.1. The van der Waals surface area contributed by atoms with Crippen LogP contribution >= 0.6 is 0 Å². The number of nitrogens with zero attached hydrogens (tertiary/aromatic N) is 4. The smallest absolute Gasteiger partial charge is 0.229 e. The average molecular weight is 343 g/mol. The van der Waals surface area contributed by atoms with Crippen LogP contribution in [0, 0.1) is 19.7 Å². The molecule has 25 heavy (non-hydrogen) atoms. The molecule has 8 heteroatoms. The zero-order valence-electron chi connectivity index (χ0n) is 14.1. The number of ether oxygens (including phenoxy) is 1. The van der Waals surface area contributed by atoms with E-state index in [0.717, 1.165) is 17.4 Å². The third-order valence-corrected chi connectivity index (χ3v) is 3.66. The van der Waals surface area contributed by atoms with Crippen LogP contribution in [0.15, 0.2) is 30.6 Å². The van der Waals surface area contributed by atoms with Gasteiger partial charge in [-0.25, -0.2) is 14.1 Å². The van der Waals surface area contributed by atoms with Crippen LogP contribution in [0.4, 0.5) is 16.0 Å². The molecule has 0 atom stereocenters. The molecule has 130 valence electrons. The molecule has 0 amide bonds. The summed E-state index contributed by atoms with van der Waals surface area (Å²) in [5, 5.41) is 16.5. The molecule has 0 aliphatic carbocycles. The van der Waals surface area contributed by atoms with Crippen molar-refractivity contribution in [3.05, 3.63) is 53.2 Å². The summed E-state index contributed by atoms with van der Waals surface area (Å²) < 4.78 is 20.7. The monoisotopic (exact) mass is 343 g/mol. The normalized spacial score (nSPS) is 10.8. The predicted molar refractivity (Wildman–Crippen MR) is 90.8 cm³/mol. The molecular weight excluding hydrogens is 325 g/mol. The topological polar surface area (TPSA) is 85.1 Å². The first-order chi connectivity index (χ1) is 12.0. The van der Waals surface area contributed by atoms with Crippen molar-refractivity contribution in [3.63, 3.8) is 0 Å². The largest absolute Gasteiger partial charge is 0.497 e. The Morgan fingerprint density at radius 3 is 2.76 bits per heavy atom. The van der Waals surface area contributed by atoms with Gasteiger partial charge in [-0.3, -0.25) is 0 Å². The molecule has 1 aromatic carbocycles. The van der Waals surface area contributed by atoms with E-state index in [1.807, 2.05) is 19.1 Å². The van der Waals surface area contributed by atoms with E-state index < -0.39 is 5.82 Å². The van der Waals surface area contributed by atoms with E-state index in [2.05, 4.69) is 20.4 Å². The highest BCUT2D eigenvalue weighted by Gasteiger charge is 2.13. The van der Waals surface area contributed by atoms with Crippen molar-refractivity contribution in [1.82, 2.24) is 19.7 Å². The van der Waals surface area contributed by atoms with Gasteiger partial charge in [0.25, 0.3) is 0 Å². The molecule has 3 aromatic rings. The number of aryl methyl sites for hydroxylation is 2. The van der Waals surface area contributed by atoms with E-state index in [9.17, 15) is 9.50 Å². The van der Waals surface area contributed by atoms with Crippen LogP contribution in [0.3, 0.4) is 0 Å². The standard InChI is InChI=1S/C17H18FN5O2/c1-10-4-13(6-14(5-10)25-3)20-17-19-7-15(18)16(21-17)23-8-12(9-24)11(2)22-23/h4-8,24H,9H2,1-3H3,(H,19,20,21). The van der Waals surface area contributed by atoms with Crippen molar-refractivity contribution in [2.75, 3.05) is 12.4 Å². The number of aliphatic hydroxyl groups excluding tert-OH is 1. The Morgan fingerprint density at radius 1 is 1.28 bits per heavy atom. The Morgan fingerprint density at radius 2 is 2.08 bits per heavy atom. The van der Waals surface area contributed by atoms with E-state index in [4.69, 9.17) is 4.74 Å². The maximum Gasteiger partial charge on any atom is 0.229 e. The number of nitrogens with one attached hydrogen (secondary N) is 1. The van der Waals surface area contributed by atoms with E-state index >= 15 is 0 Å². The first kappa shape index (κ1) is 16.8. The molecule has 0 saturated carbocycles. The van der Waals surface area contributed by atoms with Gasteiger partial charge in [-0.1, -0.05) is 0 Å². The third-order valence-electron chi connectivity index (χ3n) is 3.66. The number of benzene rings is 1. The Hall–Kier alpha value is -3.00.